The molecule has 0 saturated carbocycles. The molecule has 1 rings (SSSR count). The maximum Gasteiger partial charge on any atom is 0.573 e. The number of aryl methyl sites for hydroxylation is 1. The summed E-state index contributed by atoms with van der Waals surface area (Å²) in [5.74, 6) is -0.232. The van der Waals surface area contributed by atoms with Crippen molar-refractivity contribution in [2.75, 3.05) is 0 Å². The number of rotatable bonds is 2. The van der Waals surface area contributed by atoms with Crippen LogP contribution in [-0.2, 0) is 6.42 Å². The van der Waals surface area contributed by atoms with Gasteiger partial charge < -0.3 is 4.74 Å². The molecule has 1 aromatic rings. The van der Waals surface area contributed by atoms with Gasteiger partial charge in [-0.05, 0) is 30.2 Å². The molecule has 1 radical (unpaired) electrons. The van der Waals surface area contributed by atoms with Gasteiger partial charge in [0.15, 0.2) is 0 Å². The molecule has 0 aliphatic rings. The van der Waals surface area contributed by atoms with Crippen LogP contribution in [0.15, 0.2) is 18.2 Å². The van der Waals surface area contributed by atoms with E-state index in [0.717, 1.165) is 12.0 Å². The first-order chi connectivity index (χ1) is 6.01. The molecule has 0 fully saturated rings. The predicted molar refractivity (Wildman–Crippen MR) is 41.3 cm³/mol. The molecular formula is C9H8F3O. The van der Waals surface area contributed by atoms with Gasteiger partial charge in [0.2, 0.25) is 0 Å². The molecule has 13 heavy (non-hydrogen) atoms. The Kier molecular flexibility index (Phi) is 2.80. The maximum atomic E-state index is 11.7. The van der Waals surface area contributed by atoms with E-state index >= 15 is 0 Å². The Hall–Kier alpha value is -1.19. The zero-order valence-electron chi connectivity index (χ0n) is 6.98. The highest BCUT2D eigenvalue weighted by atomic mass is 19.4. The van der Waals surface area contributed by atoms with Crippen molar-refractivity contribution in [1.82, 2.24) is 0 Å². The molecule has 1 aromatic carbocycles. The Morgan fingerprint density at radius 3 is 2.46 bits per heavy atom. The summed E-state index contributed by atoms with van der Waals surface area (Å²) < 4.78 is 38.7. The van der Waals surface area contributed by atoms with Crippen LogP contribution in [0.1, 0.15) is 12.5 Å². The van der Waals surface area contributed by atoms with Crippen LogP contribution in [0.25, 0.3) is 0 Å². The van der Waals surface area contributed by atoms with E-state index in [-0.39, 0.29) is 5.75 Å². The highest BCUT2D eigenvalue weighted by Gasteiger charge is 2.30. The Balaban J connectivity index is 2.70. The fourth-order valence-corrected chi connectivity index (χ4v) is 0.860. The molecule has 0 heterocycles. The third-order valence-corrected chi connectivity index (χ3v) is 1.46. The lowest BCUT2D eigenvalue weighted by Gasteiger charge is -2.08. The van der Waals surface area contributed by atoms with Crippen LogP contribution in [0.2, 0.25) is 0 Å². The number of ether oxygens (including phenoxy) is 1. The second kappa shape index (κ2) is 3.68. The Labute approximate surface area is 74.1 Å². The van der Waals surface area contributed by atoms with E-state index in [1.165, 1.54) is 12.1 Å². The van der Waals surface area contributed by atoms with Crippen molar-refractivity contribution in [2.24, 2.45) is 0 Å². The minimum Gasteiger partial charge on any atom is -0.406 e. The highest BCUT2D eigenvalue weighted by Crippen LogP contribution is 2.22. The van der Waals surface area contributed by atoms with E-state index in [9.17, 15) is 13.2 Å². The van der Waals surface area contributed by atoms with Crippen molar-refractivity contribution in [3.05, 3.63) is 29.8 Å². The molecule has 1 nitrogen and oxygen atoms in total. The lowest BCUT2D eigenvalue weighted by atomic mass is 10.2. The highest BCUT2D eigenvalue weighted by molar-refractivity contribution is 5.26. The van der Waals surface area contributed by atoms with Gasteiger partial charge in [-0.3, -0.25) is 0 Å². The Bertz CT molecular complexity index is 263. The minimum absolute atomic E-state index is 0.232. The number of alkyl halides is 3. The van der Waals surface area contributed by atoms with Crippen LogP contribution in [-0.4, -0.2) is 6.36 Å². The van der Waals surface area contributed by atoms with Crippen molar-refractivity contribution in [3.8, 4) is 5.75 Å². The fraction of sp³-hybridized carbons (Fsp3) is 0.333. The quantitative estimate of drug-likeness (QED) is 0.694. The van der Waals surface area contributed by atoms with Gasteiger partial charge in [-0.2, -0.15) is 0 Å². The van der Waals surface area contributed by atoms with E-state index in [1.807, 2.05) is 6.92 Å². The van der Waals surface area contributed by atoms with Crippen molar-refractivity contribution in [1.29, 1.82) is 0 Å². The van der Waals surface area contributed by atoms with Crippen LogP contribution >= 0.6 is 0 Å². The topological polar surface area (TPSA) is 9.23 Å². The van der Waals surface area contributed by atoms with Gasteiger partial charge in [0.05, 0.1) is 0 Å². The summed E-state index contributed by atoms with van der Waals surface area (Å²) in [6, 6.07) is 6.71. The molecular weight excluding hydrogens is 181 g/mol. The number of benzene rings is 1. The standard InChI is InChI=1S/C9H8F3O/c1-2-7-3-5-8(6-4-7)13-9(10,11)12/h3,5-6H,2H2,1H3. The van der Waals surface area contributed by atoms with E-state index in [2.05, 4.69) is 10.8 Å². The summed E-state index contributed by atoms with van der Waals surface area (Å²) in [4.78, 5) is 0. The first-order valence-corrected chi connectivity index (χ1v) is 3.77. The summed E-state index contributed by atoms with van der Waals surface area (Å²) in [5.41, 5.74) is 0.856. The lowest BCUT2D eigenvalue weighted by molar-refractivity contribution is -0.274. The average molecular weight is 189 g/mol. The lowest BCUT2D eigenvalue weighted by Crippen LogP contribution is -2.17. The van der Waals surface area contributed by atoms with Crippen LogP contribution in [0.4, 0.5) is 13.2 Å². The normalized spacial score (nSPS) is 11.4. The SMILES string of the molecule is CCc1[c]cc(OC(F)(F)F)cc1. The molecule has 4 heteroatoms. The molecule has 0 atom stereocenters. The van der Waals surface area contributed by atoms with E-state index in [4.69, 9.17) is 0 Å². The van der Waals surface area contributed by atoms with Gasteiger partial charge in [0.25, 0.3) is 0 Å². The Morgan fingerprint density at radius 1 is 1.38 bits per heavy atom. The zero-order valence-corrected chi connectivity index (χ0v) is 6.98. The van der Waals surface area contributed by atoms with E-state index < -0.39 is 6.36 Å². The van der Waals surface area contributed by atoms with Gasteiger partial charge in [-0.1, -0.05) is 13.0 Å². The van der Waals surface area contributed by atoms with E-state index in [0.29, 0.717) is 0 Å². The largest absolute Gasteiger partial charge is 0.573 e. The molecule has 0 bridgehead atoms. The first kappa shape index (κ1) is 9.89. The second-order valence-corrected chi connectivity index (χ2v) is 2.45. The molecule has 0 spiro atoms. The summed E-state index contributed by atoms with van der Waals surface area (Å²) in [7, 11) is 0. The molecule has 0 aliphatic carbocycles. The van der Waals surface area contributed by atoms with Crippen molar-refractivity contribution in [3.63, 3.8) is 0 Å². The van der Waals surface area contributed by atoms with Crippen molar-refractivity contribution in [2.45, 2.75) is 19.7 Å². The number of hydrogen-bond donors (Lipinski definition) is 0. The van der Waals surface area contributed by atoms with Crippen LogP contribution < -0.4 is 4.74 Å². The van der Waals surface area contributed by atoms with Gasteiger partial charge in [-0.15, -0.1) is 13.2 Å². The smallest absolute Gasteiger partial charge is 0.406 e. The summed E-state index contributed by atoms with van der Waals surface area (Å²) in [6.07, 6.45) is -3.88. The third-order valence-electron chi connectivity index (χ3n) is 1.46. The van der Waals surface area contributed by atoms with Gasteiger partial charge in [-0.25, -0.2) is 0 Å². The molecule has 0 aliphatic heterocycles. The Morgan fingerprint density at radius 2 is 2.08 bits per heavy atom. The molecule has 0 saturated heterocycles. The first-order valence-electron chi connectivity index (χ1n) is 3.77. The number of halogens is 3. The van der Waals surface area contributed by atoms with E-state index in [1.54, 1.807) is 6.07 Å². The fourth-order valence-electron chi connectivity index (χ4n) is 0.860. The maximum absolute atomic E-state index is 11.7. The molecule has 0 N–H and O–H groups in total. The predicted octanol–water partition coefficient (Wildman–Crippen LogP) is 2.95. The van der Waals surface area contributed by atoms with Gasteiger partial charge in [0, 0.05) is 0 Å². The van der Waals surface area contributed by atoms with Crippen molar-refractivity contribution >= 4 is 0 Å². The van der Waals surface area contributed by atoms with Crippen LogP contribution in [0.3, 0.4) is 0 Å². The average Bonchev–Trinajstić information content (AvgIpc) is 2.03. The summed E-state index contributed by atoms with van der Waals surface area (Å²) in [5, 5.41) is 0. The molecule has 0 amide bonds. The summed E-state index contributed by atoms with van der Waals surface area (Å²) in [6.45, 7) is 1.90. The molecule has 0 aromatic heterocycles. The number of hydrogen-bond acceptors (Lipinski definition) is 1. The molecule has 0 unspecified atom stereocenters. The molecule has 71 valence electrons. The minimum atomic E-state index is -4.62. The zero-order chi connectivity index (χ0) is 9.90. The van der Waals surface area contributed by atoms with Crippen LogP contribution in [0.5, 0.6) is 5.75 Å². The summed E-state index contributed by atoms with van der Waals surface area (Å²) >= 11 is 0. The van der Waals surface area contributed by atoms with Gasteiger partial charge >= 0.3 is 6.36 Å². The second-order valence-electron chi connectivity index (χ2n) is 2.45. The third kappa shape index (κ3) is 3.36. The monoisotopic (exact) mass is 189 g/mol. The van der Waals surface area contributed by atoms with Crippen LogP contribution in [0, 0.1) is 6.07 Å². The van der Waals surface area contributed by atoms with Crippen molar-refractivity contribution < 1.29 is 17.9 Å². The van der Waals surface area contributed by atoms with Gasteiger partial charge in [0.1, 0.15) is 5.75 Å².